The fraction of sp³-hybridized carbons (Fsp3) is 0.308. The molecule has 0 spiro atoms. The molecule has 0 aliphatic carbocycles. The molecular weight excluding hydrogens is 468 g/mol. The van der Waals surface area contributed by atoms with Gasteiger partial charge in [-0.2, -0.15) is 4.31 Å². The normalized spacial score (nSPS) is 19.7. The summed E-state index contributed by atoms with van der Waals surface area (Å²) in [6.45, 7) is 5.56. The lowest BCUT2D eigenvalue weighted by Gasteiger charge is -2.34. The highest BCUT2D eigenvalue weighted by Gasteiger charge is 2.32. The number of hydrogen-bond acceptors (Lipinski definition) is 6. The third-order valence-corrected chi connectivity index (χ3v) is 7.62. The Bertz CT molecular complexity index is 1340. The van der Waals surface area contributed by atoms with Crippen molar-refractivity contribution >= 4 is 38.4 Å². The zero-order valence-corrected chi connectivity index (χ0v) is 20.6. The van der Waals surface area contributed by atoms with Crippen LogP contribution in [0, 0.1) is 0 Å². The highest BCUT2D eigenvalue weighted by atomic mass is 32.2. The average molecular weight is 497 g/mol. The molecule has 3 aromatic carbocycles. The first-order valence-electron chi connectivity index (χ1n) is 11.4. The molecule has 3 unspecified atom stereocenters. The van der Waals surface area contributed by atoms with Gasteiger partial charge in [0.2, 0.25) is 10.0 Å². The van der Waals surface area contributed by atoms with Gasteiger partial charge in [-0.1, -0.05) is 42.5 Å². The standard InChI is InChI=1S/C26H28N2O6S/c1-17-15-28(16-18(2)33-17)35(31,32)22-11-6-10-21(14-22)26(30)34-19(3)25(29)27-24-13-7-9-20-8-4-5-12-23(20)24/h4-14,17-19H,15-16H2,1-3H3,(H,27,29). The Kier molecular flexibility index (Phi) is 7.20. The molecule has 0 aromatic heterocycles. The number of rotatable bonds is 6. The first-order valence-corrected chi connectivity index (χ1v) is 12.8. The van der Waals surface area contributed by atoms with Crippen LogP contribution in [-0.4, -0.2) is 56.0 Å². The number of esters is 1. The molecule has 0 saturated carbocycles. The number of nitrogens with zero attached hydrogens (tertiary/aromatic N) is 1. The molecule has 8 nitrogen and oxygen atoms in total. The van der Waals surface area contributed by atoms with Crippen LogP contribution in [0.2, 0.25) is 0 Å². The number of carbonyl (C=O) groups is 2. The van der Waals surface area contributed by atoms with Gasteiger partial charge in [0.15, 0.2) is 6.10 Å². The minimum absolute atomic E-state index is 0.0129. The van der Waals surface area contributed by atoms with Gasteiger partial charge in [-0.3, -0.25) is 4.79 Å². The van der Waals surface area contributed by atoms with E-state index in [-0.39, 0.29) is 35.8 Å². The number of amides is 1. The summed E-state index contributed by atoms with van der Waals surface area (Å²) in [6.07, 6.45) is -1.56. The number of fused-ring (bicyclic) bond motifs is 1. The van der Waals surface area contributed by atoms with Crippen molar-refractivity contribution in [3.8, 4) is 0 Å². The van der Waals surface area contributed by atoms with Crippen molar-refractivity contribution < 1.29 is 27.5 Å². The highest BCUT2D eigenvalue weighted by molar-refractivity contribution is 7.89. The second-order valence-electron chi connectivity index (χ2n) is 8.67. The quantitative estimate of drug-likeness (QED) is 0.521. The van der Waals surface area contributed by atoms with Crippen LogP contribution in [0.15, 0.2) is 71.6 Å². The van der Waals surface area contributed by atoms with Crippen LogP contribution in [-0.2, 0) is 24.3 Å². The van der Waals surface area contributed by atoms with Crippen molar-refractivity contribution in [1.29, 1.82) is 0 Å². The third kappa shape index (κ3) is 5.53. The van der Waals surface area contributed by atoms with Crippen LogP contribution in [0.25, 0.3) is 10.8 Å². The predicted molar refractivity (Wildman–Crippen MR) is 133 cm³/mol. The van der Waals surface area contributed by atoms with Crippen LogP contribution in [0.3, 0.4) is 0 Å². The maximum absolute atomic E-state index is 13.1. The fourth-order valence-electron chi connectivity index (χ4n) is 4.11. The van der Waals surface area contributed by atoms with Gasteiger partial charge in [0.1, 0.15) is 0 Å². The first kappa shape index (κ1) is 24.8. The lowest BCUT2D eigenvalue weighted by atomic mass is 10.1. The highest BCUT2D eigenvalue weighted by Crippen LogP contribution is 2.24. The minimum atomic E-state index is -3.82. The molecular formula is C26H28N2O6S. The summed E-state index contributed by atoms with van der Waals surface area (Å²) in [5.74, 6) is -1.28. The molecule has 1 N–H and O–H groups in total. The monoisotopic (exact) mass is 496 g/mol. The molecule has 0 bridgehead atoms. The third-order valence-electron chi connectivity index (χ3n) is 5.79. The van der Waals surface area contributed by atoms with Crippen LogP contribution >= 0.6 is 0 Å². The molecule has 0 radical (unpaired) electrons. The average Bonchev–Trinajstić information content (AvgIpc) is 2.83. The summed E-state index contributed by atoms with van der Waals surface area (Å²) in [5.41, 5.74) is 0.656. The van der Waals surface area contributed by atoms with E-state index in [0.717, 1.165) is 10.8 Å². The van der Waals surface area contributed by atoms with E-state index in [2.05, 4.69) is 5.32 Å². The smallest absolute Gasteiger partial charge is 0.338 e. The van der Waals surface area contributed by atoms with E-state index in [1.807, 2.05) is 50.2 Å². The van der Waals surface area contributed by atoms with Gasteiger partial charge < -0.3 is 14.8 Å². The minimum Gasteiger partial charge on any atom is -0.449 e. The molecule has 184 valence electrons. The zero-order chi connectivity index (χ0) is 25.2. The van der Waals surface area contributed by atoms with Gasteiger partial charge in [-0.15, -0.1) is 0 Å². The Labute approximate surface area is 204 Å². The second-order valence-corrected chi connectivity index (χ2v) is 10.6. The summed E-state index contributed by atoms with van der Waals surface area (Å²) >= 11 is 0. The van der Waals surface area contributed by atoms with Crippen LogP contribution in [0.5, 0.6) is 0 Å². The number of benzene rings is 3. The molecule has 1 fully saturated rings. The van der Waals surface area contributed by atoms with E-state index in [1.54, 1.807) is 6.07 Å². The number of hydrogen-bond donors (Lipinski definition) is 1. The van der Waals surface area contributed by atoms with Gasteiger partial charge >= 0.3 is 5.97 Å². The number of nitrogens with one attached hydrogen (secondary N) is 1. The molecule has 9 heteroatoms. The molecule has 3 aromatic rings. The lowest BCUT2D eigenvalue weighted by molar-refractivity contribution is -0.123. The van der Waals surface area contributed by atoms with Gasteiger partial charge in [-0.05, 0) is 50.4 Å². The maximum Gasteiger partial charge on any atom is 0.338 e. The number of anilines is 1. The second kappa shape index (κ2) is 10.2. The SMILES string of the molecule is CC1CN(S(=O)(=O)c2cccc(C(=O)OC(C)C(=O)Nc3cccc4ccccc34)c2)CC(C)O1. The van der Waals surface area contributed by atoms with E-state index >= 15 is 0 Å². The molecule has 1 aliphatic rings. The molecule has 3 atom stereocenters. The van der Waals surface area contributed by atoms with Crippen molar-refractivity contribution in [1.82, 2.24) is 4.31 Å². The van der Waals surface area contributed by atoms with Crippen LogP contribution in [0.4, 0.5) is 5.69 Å². The van der Waals surface area contributed by atoms with Gasteiger partial charge in [-0.25, -0.2) is 13.2 Å². The first-order chi connectivity index (χ1) is 16.6. The maximum atomic E-state index is 13.1. The molecule has 1 saturated heterocycles. The van der Waals surface area contributed by atoms with E-state index in [1.165, 1.54) is 35.5 Å². The van der Waals surface area contributed by atoms with Gasteiger partial charge in [0.25, 0.3) is 5.91 Å². The molecule has 1 heterocycles. The fourth-order valence-corrected chi connectivity index (χ4v) is 5.75. The number of morpholine rings is 1. The van der Waals surface area contributed by atoms with Crippen molar-refractivity contribution in [3.63, 3.8) is 0 Å². The topological polar surface area (TPSA) is 102 Å². The van der Waals surface area contributed by atoms with E-state index < -0.39 is 28.0 Å². The van der Waals surface area contributed by atoms with Crippen molar-refractivity contribution in [2.45, 2.75) is 44.0 Å². The van der Waals surface area contributed by atoms with Gasteiger partial charge in [0, 0.05) is 24.2 Å². The molecule has 1 amide bonds. The summed E-state index contributed by atoms with van der Waals surface area (Å²) in [4.78, 5) is 25.5. The van der Waals surface area contributed by atoms with E-state index in [0.29, 0.717) is 5.69 Å². The zero-order valence-electron chi connectivity index (χ0n) is 19.8. The predicted octanol–water partition coefficient (Wildman–Crippen LogP) is 3.82. The number of ether oxygens (including phenoxy) is 2. The summed E-state index contributed by atoms with van der Waals surface area (Å²) < 4.78 is 38.6. The Morgan fingerprint density at radius 2 is 1.66 bits per heavy atom. The Morgan fingerprint density at radius 1 is 1.00 bits per heavy atom. The number of sulfonamides is 1. The molecule has 35 heavy (non-hydrogen) atoms. The van der Waals surface area contributed by atoms with Crippen molar-refractivity contribution in [2.75, 3.05) is 18.4 Å². The van der Waals surface area contributed by atoms with E-state index in [4.69, 9.17) is 9.47 Å². The van der Waals surface area contributed by atoms with Crippen molar-refractivity contribution in [3.05, 3.63) is 72.3 Å². The Balaban J connectivity index is 1.46. The summed E-state index contributed by atoms with van der Waals surface area (Å²) in [6, 6.07) is 18.8. The summed E-state index contributed by atoms with van der Waals surface area (Å²) in [5, 5.41) is 4.63. The van der Waals surface area contributed by atoms with Crippen LogP contribution in [0.1, 0.15) is 31.1 Å². The van der Waals surface area contributed by atoms with Crippen molar-refractivity contribution in [2.24, 2.45) is 0 Å². The lowest BCUT2D eigenvalue weighted by Crippen LogP contribution is -2.48. The Morgan fingerprint density at radius 3 is 2.40 bits per heavy atom. The number of carbonyl (C=O) groups excluding carboxylic acids is 2. The van der Waals surface area contributed by atoms with Gasteiger partial charge in [0.05, 0.1) is 22.7 Å². The van der Waals surface area contributed by atoms with E-state index in [9.17, 15) is 18.0 Å². The Hall–Kier alpha value is -3.27. The molecule has 1 aliphatic heterocycles. The summed E-state index contributed by atoms with van der Waals surface area (Å²) in [7, 11) is -3.82. The largest absolute Gasteiger partial charge is 0.449 e. The van der Waals surface area contributed by atoms with Crippen LogP contribution < -0.4 is 5.32 Å². The molecule has 4 rings (SSSR count).